The van der Waals surface area contributed by atoms with Crippen molar-refractivity contribution in [3.05, 3.63) is 263 Å². The molecule has 0 aliphatic carbocycles. The number of amides is 3. The normalized spacial score (nSPS) is 12.4. The summed E-state index contributed by atoms with van der Waals surface area (Å²) in [6, 6.07) is 77.1. The maximum absolute atomic E-state index is 12.9. The van der Waals surface area contributed by atoms with Crippen LogP contribution in [0.3, 0.4) is 0 Å². The number of benzene rings is 8. The van der Waals surface area contributed by atoms with Crippen LogP contribution < -0.4 is 5.32 Å². The molecule has 16 aromatic rings. The SMILES string of the molecule is C.C.C.C#CCN(C)C(=O)Cn1nc(-c2ccccc2)c2c(Cl)c(-c3ccccc3)nnc21.O=C(Cn1nc(-c2ccccc2)c2c(Cl)c(-c3ccccc3)nnc21)N1CCOCC1.O=C(Cn1nc(-c2ccccc2)c2c(Cl)c(-c3ccccc3)nnc21)NCCN1CCOCC1.O=C(O)Cn1nc(-c2ccccc2)c2c(Cl)c(-c3ccccc3)nnc21. The van der Waals surface area contributed by atoms with Crippen molar-refractivity contribution < 1.29 is 33.8 Å². The molecule has 0 atom stereocenters. The molecule has 18 rings (SSSR count). The van der Waals surface area contributed by atoms with Gasteiger partial charge in [0.2, 0.25) is 17.7 Å². The number of nitrogens with one attached hydrogen (secondary N) is 1. The van der Waals surface area contributed by atoms with Crippen LogP contribution in [0.4, 0.5) is 0 Å². The summed E-state index contributed by atoms with van der Waals surface area (Å²) in [5, 5.41) is 69.9. The number of carboxylic acid groups (broad SMARTS) is 1. The number of hydrogen-bond donors (Lipinski definition) is 2. The predicted molar refractivity (Wildman–Crippen MR) is 487 cm³/mol. The van der Waals surface area contributed by atoms with Crippen molar-refractivity contribution in [3.8, 4) is 102 Å². The molecular weight excluding hydrogens is 1650 g/mol. The van der Waals surface area contributed by atoms with Crippen molar-refractivity contribution in [1.29, 1.82) is 0 Å². The summed E-state index contributed by atoms with van der Waals surface area (Å²) in [5.74, 6) is 1.10. The molecule has 630 valence electrons. The Labute approximate surface area is 736 Å². The van der Waals surface area contributed by atoms with Crippen LogP contribution >= 0.6 is 46.4 Å². The molecule has 10 heterocycles. The summed E-state index contributed by atoms with van der Waals surface area (Å²) in [6.45, 7) is 6.83. The second-order valence-corrected chi connectivity index (χ2v) is 29.4. The lowest BCUT2D eigenvalue weighted by Gasteiger charge is -2.26. The molecule has 8 aromatic carbocycles. The average Bonchev–Trinajstić information content (AvgIpc) is 1.62. The number of carbonyl (C=O) groups excluding carboxylic acids is 3. The maximum atomic E-state index is 12.9. The molecule has 2 aliphatic heterocycles. The van der Waals surface area contributed by atoms with Crippen molar-refractivity contribution in [2.75, 3.05) is 79.3 Å². The number of ether oxygens (including phenoxy) is 2. The lowest BCUT2D eigenvalue weighted by Crippen LogP contribution is -2.42. The fourth-order valence-corrected chi connectivity index (χ4v) is 15.1. The van der Waals surface area contributed by atoms with Gasteiger partial charge in [-0.2, -0.15) is 20.4 Å². The van der Waals surface area contributed by atoms with Crippen LogP contribution in [-0.2, 0) is 54.8 Å². The van der Waals surface area contributed by atoms with E-state index in [0.717, 1.165) is 77.4 Å². The van der Waals surface area contributed by atoms with Crippen LogP contribution in [0.2, 0.25) is 20.1 Å². The van der Waals surface area contributed by atoms with Gasteiger partial charge in [-0.15, -0.1) is 47.2 Å². The van der Waals surface area contributed by atoms with E-state index in [1.54, 1.807) is 21.3 Å². The highest BCUT2D eigenvalue weighted by atomic mass is 35.5. The topological polar surface area (TPSA) is 303 Å². The number of halogens is 4. The molecule has 0 unspecified atom stereocenters. The molecule has 0 saturated carbocycles. The molecule has 27 nitrogen and oxygen atoms in total. The molecule has 3 amide bonds. The van der Waals surface area contributed by atoms with Crippen molar-refractivity contribution in [2.24, 2.45) is 0 Å². The van der Waals surface area contributed by atoms with Crippen molar-refractivity contribution >= 4 is 114 Å². The lowest BCUT2D eigenvalue weighted by molar-refractivity contribution is -0.138. The Morgan fingerprint density at radius 2 is 0.653 bits per heavy atom. The summed E-state index contributed by atoms with van der Waals surface area (Å²) in [6.07, 6.45) is 5.32. The Bertz CT molecular complexity index is 6380. The zero-order chi connectivity index (χ0) is 83.7. The van der Waals surface area contributed by atoms with E-state index < -0.39 is 5.97 Å². The first-order chi connectivity index (χ1) is 59.2. The van der Waals surface area contributed by atoms with Gasteiger partial charge in [0, 0.05) is 90.8 Å². The maximum Gasteiger partial charge on any atom is 0.325 e. The second kappa shape index (κ2) is 42.3. The smallest absolute Gasteiger partial charge is 0.325 e. The Morgan fingerprint density at radius 3 is 0.944 bits per heavy atom. The van der Waals surface area contributed by atoms with Crippen LogP contribution in [0.1, 0.15) is 22.3 Å². The highest BCUT2D eigenvalue weighted by Crippen LogP contribution is 2.42. The molecule has 0 spiro atoms. The monoisotopic (exact) mass is 1740 g/mol. The van der Waals surface area contributed by atoms with Crippen LogP contribution in [-0.4, -0.2) is 203 Å². The van der Waals surface area contributed by atoms with E-state index in [2.05, 4.69) is 67.1 Å². The largest absolute Gasteiger partial charge is 0.480 e. The zero-order valence-corrected chi connectivity index (χ0v) is 68.2. The van der Waals surface area contributed by atoms with Gasteiger partial charge in [-0.1, -0.05) is 317 Å². The second-order valence-electron chi connectivity index (χ2n) is 27.8. The number of aromatic nitrogens is 16. The molecular formula is C93H88Cl4N20O7. The molecule has 31 heteroatoms. The highest BCUT2D eigenvalue weighted by Gasteiger charge is 2.29. The molecule has 124 heavy (non-hydrogen) atoms. The van der Waals surface area contributed by atoms with Gasteiger partial charge in [-0.05, 0) is 0 Å². The van der Waals surface area contributed by atoms with Crippen LogP contribution in [0.5, 0.6) is 0 Å². The van der Waals surface area contributed by atoms with Gasteiger partial charge in [-0.3, -0.25) is 24.1 Å². The average molecular weight is 1740 g/mol. The first-order valence-electron chi connectivity index (χ1n) is 38.6. The van der Waals surface area contributed by atoms with Gasteiger partial charge in [0.25, 0.3) is 0 Å². The molecule has 0 bridgehead atoms. The fraction of sp³-hybridized carbons (Fsp3) is 0.204. The number of likely N-dealkylation sites (N-methyl/N-ethyl adjacent to an activating group) is 1. The number of terminal acetylenes is 1. The van der Waals surface area contributed by atoms with Gasteiger partial charge >= 0.3 is 5.97 Å². The number of carboxylic acids is 1. The quantitative estimate of drug-likeness (QED) is 0.0670. The zero-order valence-electron chi connectivity index (χ0n) is 65.2. The van der Waals surface area contributed by atoms with Gasteiger partial charge in [0.15, 0.2) is 22.6 Å². The van der Waals surface area contributed by atoms with E-state index in [1.165, 1.54) is 14.3 Å². The van der Waals surface area contributed by atoms with E-state index in [9.17, 15) is 19.2 Å². The Hall–Kier alpha value is -13.6. The summed E-state index contributed by atoms with van der Waals surface area (Å²) in [7, 11) is 1.65. The molecule has 2 fully saturated rings. The lowest BCUT2D eigenvalue weighted by atomic mass is 10.1. The van der Waals surface area contributed by atoms with Crippen molar-refractivity contribution in [2.45, 2.75) is 48.5 Å². The number of nitrogens with zero attached hydrogens (tertiary/aromatic N) is 19. The number of morpholine rings is 2. The molecule has 2 N–H and O–H groups in total. The third-order valence-corrected chi connectivity index (χ3v) is 21.4. The predicted octanol–water partition coefficient (Wildman–Crippen LogP) is 16.6. The van der Waals surface area contributed by atoms with E-state index >= 15 is 0 Å². The van der Waals surface area contributed by atoms with Crippen LogP contribution in [0, 0.1) is 12.3 Å². The number of fused-ring (bicyclic) bond motifs is 4. The van der Waals surface area contributed by atoms with Gasteiger partial charge < -0.3 is 29.7 Å². The number of aliphatic carboxylic acids is 1. The summed E-state index contributed by atoms with van der Waals surface area (Å²) >= 11 is 27.2. The number of carbonyl (C=O) groups is 4. The molecule has 0 radical (unpaired) electrons. The highest BCUT2D eigenvalue weighted by molar-refractivity contribution is 6.40. The molecule has 8 aromatic heterocycles. The summed E-state index contributed by atoms with van der Waals surface area (Å²) < 4.78 is 16.7. The first-order valence-corrected chi connectivity index (χ1v) is 40.1. The van der Waals surface area contributed by atoms with Gasteiger partial charge in [0.1, 0.15) is 71.7 Å². The van der Waals surface area contributed by atoms with E-state index in [1.807, 2.05) is 243 Å². The Balaban J connectivity index is 0.000000150. The standard InChI is InChI=1S/C25H25ClN6O2.C23H20ClN5O2.C23H18ClN5O.C19H13ClN4O2.3CH4/c26-22-21-23(18-7-3-1-4-8-18)30-32(17-20(33)27-11-12-31-13-15-34-16-14-31)25(21)29-28-24(22)19-9-5-2-6-10-19;24-20-19-21(16-7-3-1-4-8-16)27-29(15-18(30)28-11-13-31-14-12-28)23(19)26-25-22(20)17-9-5-2-6-10-17;1-3-14-28(2)18(30)15-29-23-19(21(27-29)16-10-6-4-7-11-16)20(24)22(25-26-23)17-12-8-5-9-13-17;20-16-15-17(12-7-3-1-4-8-12)23-24(11-14(25)26)19(15)22-21-18(16)13-9-5-2-6-10-13;;;/h1-10H,11-17H2,(H,27,33);1-10H,11-15H2;1,4-13H,14-15H2,2H3;1-10H,11H2,(H,25,26);3*1H4. The van der Waals surface area contributed by atoms with E-state index in [0.29, 0.717) is 143 Å². The van der Waals surface area contributed by atoms with E-state index in [-0.39, 0.29) is 72.7 Å². The molecule has 2 aliphatic rings. The molecule has 2 saturated heterocycles. The minimum Gasteiger partial charge on any atom is -0.480 e. The van der Waals surface area contributed by atoms with E-state index in [4.69, 9.17) is 77.6 Å². The fourth-order valence-electron chi connectivity index (χ4n) is 13.8. The van der Waals surface area contributed by atoms with Crippen molar-refractivity contribution in [3.63, 3.8) is 0 Å². The third-order valence-electron chi connectivity index (χ3n) is 19.9. The van der Waals surface area contributed by atoms with Crippen LogP contribution in [0.25, 0.3) is 134 Å². The van der Waals surface area contributed by atoms with Crippen molar-refractivity contribution in [1.82, 2.24) is 99.9 Å². The van der Waals surface area contributed by atoms with Gasteiger partial charge in [0.05, 0.1) is 74.6 Å². The van der Waals surface area contributed by atoms with Gasteiger partial charge in [-0.25, -0.2) is 18.7 Å². The first kappa shape index (κ1) is 89.7. The summed E-state index contributed by atoms with van der Waals surface area (Å²) in [4.78, 5) is 54.8. The third kappa shape index (κ3) is 20.4. The minimum absolute atomic E-state index is 0. The van der Waals surface area contributed by atoms with Crippen LogP contribution in [0.15, 0.2) is 243 Å². The number of hydrogen-bond acceptors (Lipinski definition) is 19. The summed E-state index contributed by atoms with van der Waals surface area (Å²) in [5.41, 5.74) is 13.6. The number of rotatable bonds is 20. The Morgan fingerprint density at radius 1 is 0.387 bits per heavy atom. The minimum atomic E-state index is -1.01. The Kier molecular flexibility index (Phi) is 30.6.